The van der Waals surface area contributed by atoms with Gasteiger partial charge in [-0.05, 0) is 37.5 Å². The smallest absolute Gasteiger partial charge is 0.0324 e. The molecule has 2 nitrogen and oxygen atoms in total. The van der Waals surface area contributed by atoms with E-state index in [1.165, 1.54) is 18.4 Å². The molecule has 2 rings (SSSR count). The van der Waals surface area contributed by atoms with Crippen LogP contribution in [0.25, 0.3) is 0 Å². The number of hydrogen-bond acceptors (Lipinski definition) is 2. The SMILES string of the molecule is CC1CCC(c2ccncc2)N1. The maximum absolute atomic E-state index is 4.01. The zero-order chi connectivity index (χ0) is 8.39. The van der Waals surface area contributed by atoms with Crippen molar-refractivity contribution in [2.24, 2.45) is 0 Å². The van der Waals surface area contributed by atoms with Gasteiger partial charge in [0.1, 0.15) is 0 Å². The van der Waals surface area contributed by atoms with Crippen LogP contribution in [0.2, 0.25) is 0 Å². The number of aromatic nitrogens is 1. The zero-order valence-electron chi connectivity index (χ0n) is 7.33. The number of nitrogens with one attached hydrogen (secondary N) is 1. The highest BCUT2D eigenvalue weighted by atomic mass is 15.0. The van der Waals surface area contributed by atoms with E-state index in [-0.39, 0.29) is 0 Å². The Hall–Kier alpha value is -0.890. The first-order valence-electron chi connectivity index (χ1n) is 4.52. The highest BCUT2D eigenvalue weighted by molar-refractivity contribution is 5.16. The van der Waals surface area contributed by atoms with Crippen LogP contribution in [0.3, 0.4) is 0 Å². The largest absolute Gasteiger partial charge is 0.307 e. The van der Waals surface area contributed by atoms with Crippen LogP contribution in [0, 0.1) is 0 Å². The Morgan fingerprint density at radius 1 is 1.33 bits per heavy atom. The van der Waals surface area contributed by atoms with Gasteiger partial charge in [0.15, 0.2) is 0 Å². The second-order valence-electron chi connectivity index (χ2n) is 3.48. The van der Waals surface area contributed by atoms with Crippen LogP contribution < -0.4 is 5.32 Å². The van der Waals surface area contributed by atoms with Crippen LogP contribution in [0.5, 0.6) is 0 Å². The molecule has 0 bridgehead atoms. The van der Waals surface area contributed by atoms with Gasteiger partial charge in [0.05, 0.1) is 0 Å². The van der Waals surface area contributed by atoms with Crippen molar-refractivity contribution in [1.29, 1.82) is 0 Å². The number of rotatable bonds is 1. The Morgan fingerprint density at radius 3 is 2.67 bits per heavy atom. The summed E-state index contributed by atoms with van der Waals surface area (Å²) < 4.78 is 0. The van der Waals surface area contributed by atoms with Crippen LogP contribution in [-0.4, -0.2) is 11.0 Å². The average molecular weight is 162 g/mol. The summed E-state index contributed by atoms with van der Waals surface area (Å²) in [5.41, 5.74) is 1.37. The molecule has 1 saturated heterocycles. The van der Waals surface area contributed by atoms with Gasteiger partial charge in [-0.3, -0.25) is 4.98 Å². The third-order valence-electron chi connectivity index (χ3n) is 2.48. The van der Waals surface area contributed by atoms with Gasteiger partial charge < -0.3 is 5.32 Å². The zero-order valence-corrected chi connectivity index (χ0v) is 7.33. The topological polar surface area (TPSA) is 24.9 Å². The van der Waals surface area contributed by atoms with Gasteiger partial charge in [0.25, 0.3) is 0 Å². The van der Waals surface area contributed by atoms with Crippen LogP contribution in [0.4, 0.5) is 0 Å². The second-order valence-corrected chi connectivity index (χ2v) is 3.48. The van der Waals surface area contributed by atoms with Gasteiger partial charge in [0.2, 0.25) is 0 Å². The van der Waals surface area contributed by atoms with Crippen molar-refractivity contribution >= 4 is 0 Å². The summed E-state index contributed by atoms with van der Waals surface area (Å²) in [4.78, 5) is 4.01. The highest BCUT2D eigenvalue weighted by Crippen LogP contribution is 2.25. The van der Waals surface area contributed by atoms with Gasteiger partial charge in [-0.25, -0.2) is 0 Å². The van der Waals surface area contributed by atoms with Gasteiger partial charge in [0, 0.05) is 24.5 Å². The van der Waals surface area contributed by atoms with Crippen molar-refractivity contribution in [3.8, 4) is 0 Å². The number of hydrogen-bond donors (Lipinski definition) is 1. The first-order chi connectivity index (χ1) is 5.86. The lowest BCUT2D eigenvalue weighted by atomic mass is 10.1. The molecule has 0 radical (unpaired) electrons. The van der Waals surface area contributed by atoms with Gasteiger partial charge >= 0.3 is 0 Å². The normalized spacial score (nSPS) is 29.1. The Kier molecular flexibility index (Phi) is 2.09. The molecule has 64 valence electrons. The Balaban J connectivity index is 2.11. The summed E-state index contributed by atoms with van der Waals surface area (Å²) in [5, 5.41) is 3.54. The molecule has 1 N–H and O–H groups in total. The maximum atomic E-state index is 4.01. The van der Waals surface area contributed by atoms with Gasteiger partial charge in [-0.15, -0.1) is 0 Å². The summed E-state index contributed by atoms with van der Waals surface area (Å²) in [6.45, 7) is 2.24. The molecule has 1 aliphatic rings. The van der Waals surface area contributed by atoms with E-state index in [0.717, 1.165) is 0 Å². The fourth-order valence-corrected chi connectivity index (χ4v) is 1.79. The fraction of sp³-hybridized carbons (Fsp3) is 0.500. The minimum absolute atomic E-state index is 0.558. The molecule has 2 heteroatoms. The standard InChI is InChI=1S/C10H14N2/c1-8-2-3-10(12-8)9-4-6-11-7-5-9/h4-8,10,12H,2-3H2,1H3. The highest BCUT2D eigenvalue weighted by Gasteiger charge is 2.20. The summed E-state index contributed by atoms with van der Waals surface area (Å²) in [5.74, 6) is 0. The first kappa shape index (κ1) is 7.74. The summed E-state index contributed by atoms with van der Waals surface area (Å²) in [7, 11) is 0. The van der Waals surface area contributed by atoms with Crippen LogP contribution in [0.1, 0.15) is 31.4 Å². The molecule has 0 spiro atoms. The number of pyridine rings is 1. The lowest BCUT2D eigenvalue weighted by molar-refractivity contribution is 0.585. The molecule has 1 aliphatic heterocycles. The van der Waals surface area contributed by atoms with E-state index >= 15 is 0 Å². The maximum Gasteiger partial charge on any atom is 0.0324 e. The first-order valence-corrected chi connectivity index (χ1v) is 4.52. The van der Waals surface area contributed by atoms with Crippen molar-refractivity contribution in [3.05, 3.63) is 30.1 Å². The Bertz CT molecular complexity index is 245. The molecule has 0 saturated carbocycles. The second kappa shape index (κ2) is 3.23. The van der Waals surface area contributed by atoms with Crippen LogP contribution >= 0.6 is 0 Å². The van der Waals surface area contributed by atoms with Crippen molar-refractivity contribution in [2.75, 3.05) is 0 Å². The van der Waals surface area contributed by atoms with Crippen LogP contribution in [-0.2, 0) is 0 Å². The molecule has 2 unspecified atom stereocenters. The Morgan fingerprint density at radius 2 is 2.08 bits per heavy atom. The van der Waals surface area contributed by atoms with Crippen molar-refractivity contribution < 1.29 is 0 Å². The molecule has 0 amide bonds. The summed E-state index contributed by atoms with van der Waals surface area (Å²) >= 11 is 0. The molecule has 0 aromatic carbocycles. The molecule has 0 aliphatic carbocycles. The predicted molar refractivity (Wildman–Crippen MR) is 48.8 cm³/mol. The van der Waals surface area contributed by atoms with Gasteiger partial charge in [-0.2, -0.15) is 0 Å². The quantitative estimate of drug-likeness (QED) is 0.682. The third kappa shape index (κ3) is 1.48. The monoisotopic (exact) mass is 162 g/mol. The molecule has 1 aromatic heterocycles. The van der Waals surface area contributed by atoms with Crippen LogP contribution in [0.15, 0.2) is 24.5 Å². The predicted octanol–water partition coefficient (Wildman–Crippen LogP) is 1.89. The van der Waals surface area contributed by atoms with E-state index in [4.69, 9.17) is 0 Å². The van der Waals surface area contributed by atoms with Crippen molar-refractivity contribution in [3.63, 3.8) is 0 Å². The lowest BCUT2D eigenvalue weighted by Gasteiger charge is -2.10. The van der Waals surface area contributed by atoms with Crippen molar-refractivity contribution in [1.82, 2.24) is 10.3 Å². The van der Waals surface area contributed by atoms with Gasteiger partial charge in [-0.1, -0.05) is 0 Å². The minimum atomic E-state index is 0.558. The molecule has 2 atom stereocenters. The lowest BCUT2D eigenvalue weighted by Crippen LogP contribution is -2.20. The Labute approximate surface area is 73.0 Å². The average Bonchev–Trinajstić information content (AvgIpc) is 2.54. The molecule has 1 fully saturated rings. The molecule has 1 aromatic rings. The number of nitrogens with zero attached hydrogens (tertiary/aromatic N) is 1. The molecule has 12 heavy (non-hydrogen) atoms. The van der Waals surface area contributed by atoms with Crippen molar-refractivity contribution in [2.45, 2.75) is 31.8 Å². The summed E-state index contributed by atoms with van der Waals surface area (Å²) in [6.07, 6.45) is 6.26. The summed E-state index contributed by atoms with van der Waals surface area (Å²) in [6, 6.07) is 5.41. The van der Waals surface area contributed by atoms with E-state index in [0.29, 0.717) is 12.1 Å². The van der Waals surface area contributed by atoms with E-state index in [1.807, 2.05) is 12.4 Å². The molecule has 2 heterocycles. The fourth-order valence-electron chi connectivity index (χ4n) is 1.79. The molecular formula is C10H14N2. The van der Waals surface area contributed by atoms with E-state index in [9.17, 15) is 0 Å². The van der Waals surface area contributed by atoms with E-state index in [2.05, 4.69) is 29.4 Å². The minimum Gasteiger partial charge on any atom is -0.307 e. The third-order valence-corrected chi connectivity index (χ3v) is 2.48. The molecular weight excluding hydrogens is 148 g/mol. The van der Waals surface area contributed by atoms with E-state index < -0.39 is 0 Å². The van der Waals surface area contributed by atoms with E-state index in [1.54, 1.807) is 0 Å².